The summed E-state index contributed by atoms with van der Waals surface area (Å²) in [5, 5.41) is 13.3. The zero-order chi connectivity index (χ0) is 14.1. The highest BCUT2D eigenvalue weighted by Crippen LogP contribution is 2.21. The zero-order valence-electron chi connectivity index (χ0n) is 12.2. The molecule has 20 heavy (non-hydrogen) atoms. The van der Waals surface area contributed by atoms with Gasteiger partial charge in [0.25, 0.3) is 0 Å². The molecule has 1 aliphatic rings. The number of nitrogens with zero attached hydrogens (tertiary/aromatic N) is 1. The first kappa shape index (κ1) is 13.6. The van der Waals surface area contributed by atoms with Crippen LogP contribution in [-0.4, -0.2) is 27.2 Å². The van der Waals surface area contributed by atoms with Crippen molar-refractivity contribution in [3.8, 4) is 0 Å². The summed E-state index contributed by atoms with van der Waals surface area (Å²) in [5.41, 5.74) is 3.36. The Labute approximate surface area is 119 Å². The molecule has 1 heterocycles. The van der Waals surface area contributed by atoms with Crippen molar-refractivity contribution in [2.24, 2.45) is 0 Å². The number of H-pyrrole nitrogens is 1. The van der Waals surface area contributed by atoms with Crippen LogP contribution in [0.1, 0.15) is 50.4 Å². The Morgan fingerprint density at radius 1 is 1.40 bits per heavy atom. The molecule has 2 aromatic rings. The molecule has 2 atom stereocenters. The van der Waals surface area contributed by atoms with E-state index in [0.717, 1.165) is 42.7 Å². The number of imidazole rings is 1. The minimum Gasteiger partial charge on any atom is -0.392 e. The molecule has 0 radical (unpaired) electrons. The van der Waals surface area contributed by atoms with Crippen molar-refractivity contribution < 1.29 is 5.11 Å². The number of benzene rings is 1. The van der Waals surface area contributed by atoms with E-state index >= 15 is 0 Å². The zero-order valence-corrected chi connectivity index (χ0v) is 12.2. The van der Waals surface area contributed by atoms with E-state index in [-0.39, 0.29) is 12.1 Å². The lowest BCUT2D eigenvalue weighted by Gasteiger charge is -2.16. The molecule has 3 rings (SSSR count). The highest BCUT2D eigenvalue weighted by Gasteiger charge is 2.24. The first-order valence-corrected chi connectivity index (χ1v) is 7.53. The molecule has 0 aliphatic heterocycles. The van der Waals surface area contributed by atoms with Gasteiger partial charge in [0.15, 0.2) is 0 Å². The second-order valence-electron chi connectivity index (χ2n) is 6.11. The van der Waals surface area contributed by atoms with Crippen LogP contribution in [0.5, 0.6) is 0 Å². The van der Waals surface area contributed by atoms with Gasteiger partial charge in [-0.3, -0.25) is 0 Å². The van der Waals surface area contributed by atoms with Gasteiger partial charge < -0.3 is 15.4 Å². The smallest absolute Gasteiger partial charge is 0.109 e. The molecule has 0 bridgehead atoms. The van der Waals surface area contributed by atoms with Gasteiger partial charge in [0.1, 0.15) is 5.82 Å². The molecule has 1 aliphatic carbocycles. The fraction of sp³-hybridized carbons (Fsp3) is 0.562. The molecule has 108 valence electrons. The summed E-state index contributed by atoms with van der Waals surface area (Å²) in [6, 6.07) is 6.59. The van der Waals surface area contributed by atoms with E-state index in [1.807, 2.05) is 0 Å². The molecule has 4 nitrogen and oxygen atoms in total. The van der Waals surface area contributed by atoms with E-state index in [9.17, 15) is 5.11 Å². The van der Waals surface area contributed by atoms with Crippen molar-refractivity contribution in [3.05, 3.63) is 29.6 Å². The minimum atomic E-state index is -0.182. The Morgan fingerprint density at radius 2 is 2.25 bits per heavy atom. The molecule has 1 aromatic heterocycles. The van der Waals surface area contributed by atoms with Crippen LogP contribution < -0.4 is 5.32 Å². The number of hydrogen-bond donors (Lipinski definition) is 3. The fourth-order valence-corrected chi connectivity index (χ4v) is 2.89. The van der Waals surface area contributed by atoms with Gasteiger partial charge in [-0.2, -0.15) is 0 Å². The van der Waals surface area contributed by atoms with Crippen molar-refractivity contribution in [2.45, 2.75) is 57.7 Å². The van der Waals surface area contributed by atoms with Gasteiger partial charge in [-0.25, -0.2) is 4.98 Å². The number of aromatic nitrogens is 2. The average Bonchev–Trinajstić information content (AvgIpc) is 3.01. The van der Waals surface area contributed by atoms with E-state index in [1.54, 1.807) is 0 Å². The van der Waals surface area contributed by atoms with Crippen molar-refractivity contribution in [1.29, 1.82) is 0 Å². The molecule has 1 fully saturated rings. The normalized spacial score (nSPS) is 23.0. The van der Waals surface area contributed by atoms with E-state index < -0.39 is 0 Å². The third-order valence-electron chi connectivity index (χ3n) is 4.16. The summed E-state index contributed by atoms with van der Waals surface area (Å²) in [5.74, 6) is 1.45. The van der Waals surface area contributed by atoms with Crippen LogP contribution in [0.4, 0.5) is 0 Å². The number of aromatic amines is 1. The topological polar surface area (TPSA) is 60.9 Å². The predicted molar refractivity (Wildman–Crippen MR) is 80.7 cm³/mol. The van der Waals surface area contributed by atoms with Gasteiger partial charge in [-0.05, 0) is 37.0 Å². The van der Waals surface area contributed by atoms with Crippen LogP contribution in [0.3, 0.4) is 0 Å². The molecule has 1 aromatic carbocycles. The molecular formula is C16H23N3O. The van der Waals surface area contributed by atoms with Gasteiger partial charge in [0, 0.05) is 18.5 Å². The quantitative estimate of drug-likeness (QED) is 0.802. The molecular weight excluding hydrogens is 250 g/mol. The van der Waals surface area contributed by atoms with Crippen LogP contribution in [0, 0.1) is 0 Å². The maximum Gasteiger partial charge on any atom is 0.109 e. The largest absolute Gasteiger partial charge is 0.392 e. The molecule has 0 amide bonds. The van der Waals surface area contributed by atoms with Crippen molar-refractivity contribution in [1.82, 2.24) is 15.3 Å². The number of aliphatic hydroxyl groups excluding tert-OH is 1. The lowest BCUT2D eigenvalue weighted by Crippen LogP contribution is -2.34. The number of hydrogen-bond acceptors (Lipinski definition) is 3. The van der Waals surface area contributed by atoms with Gasteiger partial charge in [-0.1, -0.05) is 19.9 Å². The van der Waals surface area contributed by atoms with Crippen molar-refractivity contribution in [2.75, 3.05) is 0 Å². The molecule has 2 unspecified atom stereocenters. The van der Waals surface area contributed by atoms with Crippen molar-refractivity contribution in [3.63, 3.8) is 0 Å². The van der Waals surface area contributed by atoms with Crippen LogP contribution in [0.15, 0.2) is 18.2 Å². The number of aliphatic hydroxyl groups is 1. The standard InChI is InChI=1S/C16H23N3O/c1-10(2)16-18-12-7-6-11(8-14(12)19-16)9-17-13-4-3-5-15(13)20/h6-8,10,13,15,17,20H,3-5,9H2,1-2H3,(H,18,19). The lowest BCUT2D eigenvalue weighted by molar-refractivity contribution is 0.148. The second kappa shape index (κ2) is 5.54. The molecule has 4 heteroatoms. The predicted octanol–water partition coefficient (Wildman–Crippen LogP) is 2.69. The summed E-state index contributed by atoms with van der Waals surface area (Å²) in [7, 11) is 0. The minimum absolute atomic E-state index is 0.182. The van der Waals surface area contributed by atoms with Crippen LogP contribution in [0.2, 0.25) is 0 Å². The highest BCUT2D eigenvalue weighted by atomic mass is 16.3. The van der Waals surface area contributed by atoms with Gasteiger partial charge in [0.2, 0.25) is 0 Å². The van der Waals surface area contributed by atoms with E-state index in [2.05, 4.69) is 47.3 Å². The Hall–Kier alpha value is -1.39. The summed E-state index contributed by atoms with van der Waals surface area (Å²) >= 11 is 0. The molecule has 1 saturated carbocycles. The Balaban J connectivity index is 1.72. The maximum absolute atomic E-state index is 9.82. The Bertz CT molecular complexity index is 590. The Morgan fingerprint density at radius 3 is 2.95 bits per heavy atom. The third-order valence-corrected chi connectivity index (χ3v) is 4.16. The van der Waals surface area contributed by atoms with E-state index in [0.29, 0.717) is 5.92 Å². The lowest BCUT2D eigenvalue weighted by atomic mass is 10.1. The van der Waals surface area contributed by atoms with Crippen LogP contribution >= 0.6 is 0 Å². The summed E-state index contributed by atoms with van der Waals surface area (Å²) in [6.07, 6.45) is 2.94. The SMILES string of the molecule is CC(C)c1nc2ccc(CNC3CCCC3O)cc2[nH]1. The highest BCUT2D eigenvalue weighted by molar-refractivity contribution is 5.76. The summed E-state index contributed by atoms with van der Waals surface area (Å²) in [6.45, 7) is 5.08. The summed E-state index contributed by atoms with van der Waals surface area (Å²) in [4.78, 5) is 7.97. The molecule has 3 N–H and O–H groups in total. The van der Waals surface area contributed by atoms with Crippen LogP contribution in [-0.2, 0) is 6.54 Å². The summed E-state index contributed by atoms with van der Waals surface area (Å²) < 4.78 is 0. The maximum atomic E-state index is 9.82. The first-order valence-electron chi connectivity index (χ1n) is 7.53. The second-order valence-corrected chi connectivity index (χ2v) is 6.11. The molecule has 0 spiro atoms. The van der Waals surface area contributed by atoms with Gasteiger partial charge in [0.05, 0.1) is 17.1 Å². The van der Waals surface area contributed by atoms with E-state index in [4.69, 9.17) is 0 Å². The number of nitrogens with one attached hydrogen (secondary N) is 2. The monoisotopic (exact) mass is 273 g/mol. The Kier molecular flexibility index (Phi) is 3.76. The number of rotatable bonds is 4. The van der Waals surface area contributed by atoms with Gasteiger partial charge >= 0.3 is 0 Å². The fourth-order valence-electron chi connectivity index (χ4n) is 2.89. The van der Waals surface area contributed by atoms with Crippen molar-refractivity contribution >= 4 is 11.0 Å². The van der Waals surface area contributed by atoms with Gasteiger partial charge in [-0.15, -0.1) is 0 Å². The first-order chi connectivity index (χ1) is 9.63. The average molecular weight is 273 g/mol. The molecule has 0 saturated heterocycles. The van der Waals surface area contributed by atoms with Crippen LogP contribution in [0.25, 0.3) is 11.0 Å². The number of fused-ring (bicyclic) bond motifs is 1. The third kappa shape index (κ3) is 2.72. The van der Waals surface area contributed by atoms with E-state index in [1.165, 1.54) is 5.56 Å².